The number of hydrogen-bond acceptors (Lipinski definition) is 5. The van der Waals surface area contributed by atoms with Crippen LogP contribution >= 0.6 is 0 Å². The van der Waals surface area contributed by atoms with Gasteiger partial charge >= 0.3 is 0 Å². The lowest BCUT2D eigenvalue weighted by atomic mass is 9.92. The lowest BCUT2D eigenvalue weighted by Gasteiger charge is -2.39. The molecule has 1 aliphatic heterocycles. The second-order valence-electron chi connectivity index (χ2n) is 7.36. The largest absolute Gasteiger partial charge is 0.497 e. The van der Waals surface area contributed by atoms with E-state index in [1.165, 1.54) is 19.2 Å². The van der Waals surface area contributed by atoms with Gasteiger partial charge in [0, 0.05) is 0 Å². The molecule has 4 atom stereocenters. The van der Waals surface area contributed by atoms with E-state index in [9.17, 15) is 13.5 Å². The highest BCUT2D eigenvalue weighted by molar-refractivity contribution is 7.92. The van der Waals surface area contributed by atoms with Gasteiger partial charge in [0.2, 0.25) is 0 Å². The van der Waals surface area contributed by atoms with Crippen LogP contribution in [0.15, 0.2) is 89.8 Å². The predicted molar refractivity (Wildman–Crippen MR) is 114 cm³/mol. The van der Waals surface area contributed by atoms with Gasteiger partial charge in [0.15, 0.2) is 9.84 Å². The van der Waals surface area contributed by atoms with Crippen molar-refractivity contribution in [1.29, 1.82) is 0 Å². The van der Waals surface area contributed by atoms with Crippen molar-refractivity contribution in [2.75, 3.05) is 7.11 Å². The maximum absolute atomic E-state index is 13.5. The number of sulfone groups is 1. The fourth-order valence-electron chi connectivity index (χ4n) is 3.93. The average Bonchev–Trinajstić information content (AvgIpc) is 2.80. The van der Waals surface area contributed by atoms with Crippen molar-refractivity contribution in [3.63, 3.8) is 0 Å². The molecule has 0 unspecified atom stereocenters. The molecule has 0 spiro atoms. The first-order valence-electron chi connectivity index (χ1n) is 9.82. The maximum Gasteiger partial charge on any atom is 0.184 e. The fourth-order valence-corrected chi connectivity index (χ4v) is 5.79. The Morgan fingerprint density at radius 3 is 1.90 bits per heavy atom. The summed E-state index contributed by atoms with van der Waals surface area (Å²) in [5, 5.41) is 9.93. The molecule has 1 fully saturated rings. The molecule has 156 valence electrons. The molecule has 6 heteroatoms. The van der Waals surface area contributed by atoms with Crippen LogP contribution in [-0.2, 0) is 14.6 Å². The second-order valence-corrected chi connectivity index (χ2v) is 9.53. The van der Waals surface area contributed by atoms with Crippen LogP contribution in [0.1, 0.15) is 29.8 Å². The third-order valence-electron chi connectivity index (χ3n) is 5.50. The van der Waals surface area contributed by atoms with E-state index in [0.717, 1.165) is 11.1 Å². The molecule has 1 saturated heterocycles. The van der Waals surface area contributed by atoms with E-state index in [1.807, 2.05) is 60.7 Å². The molecule has 30 heavy (non-hydrogen) atoms. The topological polar surface area (TPSA) is 72.8 Å². The summed E-state index contributed by atoms with van der Waals surface area (Å²) in [5.74, 6) is 0.581. The van der Waals surface area contributed by atoms with Crippen LogP contribution in [0.4, 0.5) is 0 Å². The first-order valence-corrected chi connectivity index (χ1v) is 11.4. The number of hydrogen-bond donors (Lipinski definition) is 1. The standard InChI is InChI=1S/C24H24O5S/c1-28-19-12-14-20(15-13-19)30(26,27)22-16-21(25)23(17-8-4-2-5-9-17)29-24(22)18-10-6-3-7-11-18/h2-15,21-25H,16H2,1H3/t21-,22-,23+,24-/m0/s1. The molecule has 0 saturated carbocycles. The number of ether oxygens (including phenoxy) is 2. The van der Waals surface area contributed by atoms with Gasteiger partial charge in [0.05, 0.1) is 23.4 Å². The number of methoxy groups -OCH3 is 1. The molecule has 0 aromatic heterocycles. The Labute approximate surface area is 176 Å². The summed E-state index contributed by atoms with van der Waals surface area (Å²) in [7, 11) is -2.23. The van der Waals surface area contributed by atoms with Gasteiger partial charge in [-0.2, -0.15) is 0 Å². The highest BCUT2D eigenvalue weighted by atomic mass is 32.2. The maximum atomic E-state index is 13.5. The van der Waals surface area contributed by atoms with E-state index in [1.54, 1.807) is 12.1 Å². The minimum atomic E-state index is -3.76. The first kappa shape index (κ1) is 20.6. The monoisotopic (exact) mass is 424 g/mol. The molecule has 4 rings (SSSR count). The SMILES string of the molecule is COc1ccc(S(=O)(=O)[C@H]2C[C@H](O)[C@@H](c3ccccc3)O[C@H]2c2ccccc2)cc1. The zero-order valence-corrected chi connectivity index (χ0v) is 17.4. The van der Waals surface area contributed by atoms with Gasteiger partial charge in [-0.1, -0.05) is 60.7 Å². The molecule has 3 aromatic rings. The molecule has 1 N–H and O–H groups in total. The van der Waals surface area contributed by atoms with Crippen molar-refractivity contribution in [1.82, 2.24) is 0 Å². The van der Waals surface area contributed by atoms with E-state index >= 15 is 0 Å². The summed E-state index contributed by atoms with van der Waals surface area (Å²) in [4.78, 5) is 0.184. The van der Waals surface area contributed by atoms with Gasteiger partial charge < -0.3 is 14.6 Å². The normalized spacial score (nSPS) is 24.3. The van der Waals surface area contributed by atoms with Crippen molar-refractivity contribution in [2.45, 2.75) is 34.9 Å². The van der Waals surface area contributed by atoms with Crippen LogP contribution < -0.4 is 4.74 Å². The highest BCUT2D eigenvalue weighted by Gasteiger charge is 2.45. The summed E-state index contributed by atoms with van der Waals surface area (Å²) >= 11 is 0. The zero-order chi connectivity index (χ0) is 21.1. The van der Waals surface area contributed by atoms with Crippen LogP contribution in [-0.4, -0.2) is 32.0 Å². The van der Waals surface area contributed by atoms with Gasteiger partial charge in [-0.15, -0.1) is 0 Å². The minimum absolute atomic E-state index is 0.0769. The summed E-state index contributed by atoms with van der Waals surface area (Å²) < 4.78 is 38.5. The Morgan fingerprint density at radius 1 is 0.833 bits per heavy atom. The third-order valence-corrected chi connectivity index (χ3v) is 7.66. The minimum Gasteiger partial charge on any atom is -0.497 e. The first-order chi connectivity index (χ1) is 14.5. The second kappa shape index (κ2) is 8.60. The smallest absolute Gasteiger partial charge is 0.184 e. The van der Waals surface area contributed by atoms with E-state index in [0.29, 0.717) is 5.75 Å². The van der Waals surface area contributed by atoms with E-state index in [-0.39, 0.29) is 11.3 Å². The molecule has 0 amide bonds. The predicted octanol–water partition coefficient (Wildman–Crippen LogP) is 4.10. The molecule has 5 nitrogen and oxygen atoms in total. The quantitative estimate of drug-likeness (QED) is 0.668. The molecule has 3 aromatic carbocycles. The molecule has 0 radical (unpaired) electrons. The Balaban J connectivity index is 1.73. The van der Waals surface area contributed by atoms with E-state index < -0.39 is 33.4 Å². The van der Waals surface area contributed by atoms with Crippen molar-refractivity contribution < 1.29 is 23.0 Å². The molecular weight excluding hydrogens is 400 g/mol. The van der Waals surface area contributed by atoms with Gasteiger partial charge in [0.1, 0.15) is 18.0 Å². The van der Waals surface area contributed by atoms with Gasteiger partial charge in [0.25, 0.3) is 0 Å². The van der Waals surface area contributed by atoms with E-state index in [4.69, 9.17) is 9.47 Å². The summed E-state index contributed by atoms with van der Waals surface area (Å²) in [6.07, 6.45) is -2.16. The van der Waals surface area contributed by atoms with Gasteiger partial charge in [-0.25, -0.2) is 8.42 Å². The molecule has 0 bridgehead atoms. The summed E-state index contributed by atoms with van der Waals surface area (Å²) in [6, 6.07) is 25.0. The Bertz CT molecular complexity index is 1070. The Kier molecular flexibility index (Phi) is 5.90. The molecule has 0 aliphatic carbocycles. The Hall–Kier alpha value is -2.67. The van der Waals surface area contributed by atoms with Crippen molar-refractivity contribution in [2.24, 2.45) is 0 Å². The number of aliphatic hydroxyl groups is 1. The van der Waals surface area contributed by atoms with Crippen molar-refractivity contribution in [3.05, 3.63) is 96.1 Å². The lowest BCUT2D eigenvalue weighted by molar-refractivity contribution is -0.119. The molecular formula is C24H24O5S. The van der Waals surface area contributed by atoms with Crippen LogP contribution in [0.25, 0.3) is 0 Å². The van der Waals surface area contributed by atoms with Crippen LogP contribution in [0.5, 0.6) is 5.75 Å². The number of rotatable bonds is 5. The zero-order valence-electron chi connectivity index (χ0n) is 16.6. The fraction of sp³-hybridized carbons (Fsp3) is 0.250. The van der Waals surface area contributed by atoms with Crippen molar-refractivity contribution >= 4 is 9.84 Å². The number of benzene rings is 3. The number of aliphatic hydroxyl groups excluding tert-OH is 1. The van der Waals surface area contributed by atoms with Gasteiger partial charge in [-0.3, -0.25) is 0 Å². The van der Waals surface area contributed by atoms with Gasteiger partial charge in [-0.05, 0) is 41.8 Å². The lowest BCUT2D eigenvalue weighted by Crippen LogP contribution is -2.42. The van der Waals surface area contributed by atoms with Crippen LogP contribution in [0, 0.1) is 0 Å². The third kappa shape index (κ3) is 3.99. The van der Waals surface area contributed by atoms with Crippen molar-refractivity contribution in [3.8, 4) is 5.75 Å². The molecule has 1 aliphatic rings. The summed E-state index contributed by atoms with van der Waals surface area (Å²) in [6.45, 7) is 0. The van der Waals surface area contributed by atoms with Crippen LogP contribution in [0.3, 0.4) is 0 Å². The van der Waals surface area contributed by atoms with Crippen LogP contribution in [0.2, 0.25) is 0 Å². The molecule has 1 heterocycles. The Morgan fingerprint density at radius 2 is 1.37 bits per heavy atom. The van der Waals surface area contributed by atoms with E-state index in [2.05, 4.69) is 0 Å². The highest BCUT2D eigenvalue weighted by Crippen LogP contribution is 2.43. The summed E-state index contributed by atoms with van der Waals surface area (Å²) in [5.41, 5.74) is 1.60. The average molecular weight is 425 g/mol.